The highest BCUT2D eigenvalue weighted by Crippen LogP contribution is 2.40. The highest BCUT2D eigenvalue weighted by atomic mass is 32.2. The number of rotatable bonds is 18. The second kappa shape index (κ2) is 25.9. The van der Waals surface area contributed by atoms with Gasteiger partial charge in [-0.1, -0.05) is 139 Å². The largest absolute Gasteiger partial charge is 0.459 e. The van der Waals surface area contributed by atoms with Gasteiger partial charge >= 0.3 is 35.8 Å². The number of thioether (sulfide) groups is 1. The predicted octanol–water partition coefficient (Wildman–Crippen LogP) is 8.59. The average Bonchev–Trinajstić information content (AvgIpc) is 3.50. The number of esters is 6. The summed E-state index contributed by atoms with van der Waals surface area (Å²) in [6.07, 6.45) is -15.6. The van der Waals surface area contributed by atoms with E-state index in [2.05, 4.69) is 0 Å². The van der Waals surface area contributed by atoms with Gasteiger partial charge in [0.2, 0.25) is 0 Å². The maximum Gasteiger partial charge on any atom is 0.338 e. The van der Waals surface area contributed by atoms with Gasteiger partial charge in [-0.3, -0.25) is 0 Å². The van der Waals surface area contributed by atoms with Crippen LogP contribution in [0.2, 0.25) is 0 Å². The highest BCUT2D eigenvalue weighted by Gasteiger charge is 2.57. The van der Waals surface area contributed by atoms with Crippen LogP contribution in [0.1, 0.15) is 62.1 Å². The molecule has 0 radical (unpaired) electrons. The Morgan fingerprint density at radius 2 is 0.688 bits per heavy atom. The zero-order valence-electron chi connectivity index (χ0n) is 40.9. The summed E-state index contributed by atoms with van der Waals surface area (Å²) in [6, 6.07) is 56.7. The first-order chi connectivity index (χ1) is 37.6. The van der Waals surface area contributed by atoms with Crippen molar-refractivity contribution in [1.82, 2.24) is 0 Å². The van der Waals surface area contributed by atoms with Crippen LogP contribution in [0.25, 0.3) is 0 Å². The third-order valence-electron chi connectivity index (χ3n) is 12.3. The van der Waals surface area contributed by atoms with Crippen molar-refractivity contribution >= 4 is 47.6 Å². The lowest BCUT2D eigenvalue weighted by Gasteiger charge is -2.48. The van der Waals surface area contributed by atoms with Gasteiger partial charge in [0.25, 0.3) is 0 Å². The van der Waals surface area contributed by atoms with E-state index in [1.165, 1.54) is 60.7 Å². The van der Waals surface area contributed by atoms with E-state index in [1.54, 1.807) is 152 Å². The number of benzene rings is 7. The van der Waals surface area contributed by atoms with Crippen LogP contribution >= 0.6 is 11.8 Å². The summed E-state index contributed by atoms with van der Waals surface area (Å²) in [6.45, 7) is -1.27. The smallest absolute Gasteiger partial charge is 0.338 e. The Kier molecular flexibility index (Phi) is 17.9. The van der Waals surface area contributed by atoms with Crippen LogP contribution in [0, 0.1) is 0 Å². The third-order valence-corrected chi connectivity index (χ3v) is 13.4. The SMILES string of the molecule is O=C(OC[C@H]1O[C@@H](O[C@H]2[C@H](OC(=O)c3ccccc3)[C@@H](OC(=O)c3ccccc3)[C@H](Sc3ccccc3)O[C@@H]2COC(=O)c2ccccc2)[C@H](OC(=O)c2ccccc2)[C@@H](OC(=O)c2ccccc2)[C@H]1O)c1ccccc1. The molecule has 2 aliphatic heterocycles. The quantitative estimate of drug-likeness (QED) is 0.0631. The molecule has 77 heavy (non-hydrogen) atoms. The lowest BCUT2D eigenvalue weighted by molar-refractivity contribution is -0.335. The Bertz CT molecular complexity index is 3070. The van der Waals surface area contributed by atoms with Gasteiger partial charge in [0, 0.05) is 4.90 Å². The van der Waals surface area contributed by atoms with E-state index in [0.29, 0.717) is 4.90 Å². The molecule has 392 valence electrons. The number of carbonyl (C=O) groups excluding carboxylic acids is 6. The topological polar surface area (TPSA) is 206 Å². The summed E-state index contributed by atoms with van der Waals surface area (Å²) in [5.41, 5.74) is -0.554. The van der Waals surface area contributed by atoms with Crippen LogP contribution in [-0.4, -0.2) is 115 Å². The molecule has 2 heterocycles. The zero-order chi connectivity index (χ0) is 53.5. The standard InChI is InChI=1S/C60H50O16S/c61-47-45(36-68-53(62)38-22-8-1-9-23-38)70-59(51(74-57(66)42-30-16-5-17-31-42)49(47)72-55(64)40-26-12-3-13-27-40)76-48-46(37-69-54(63)39-24-10-2-11-25-39)71-60(77-44-34-20-7-21-35-44)52(75-58(67)43-32-18-6-19-33-43)50(48)73-56(65)41-28-14-4-15-29-41/h1-35,45-52,59-61H,36-37H2/t45-,46-,47+,48-,49+,50+,51-,52-,59+,60+/m1/s1. The van der Waals surface area contributed by atoms with E-state index >= 15 is 0 Å². The predicted molar refractivity (Wildman–Crippen MR) is 277 cm³/mol. The monoisotopic (exact) mass is 1060 g/mol. The number of aliphatic hydroxyl groups is 1. The third kappa shape index (κ3) is 13.7. The van der Waals surface area contributed by atoms with Crippen molar-refractivity contribution in [3.63, 3.8) is 0 Å². The maximum absolute atomic E-state index is 14.5. The van der Waals surface area contributed by atoms with Gasteiger partial charge in [-0.15, -0.1) is 0 Å². The molecular weight excluding hydrogens is 1010 g/mol. The lowest BCUT2D eigenvalue weighted by atomic mass is 9.96. The molecule has 10 atom stereocenters. The number of aliphatic hydroxyl groups excluding tert-OH is 1. The second-order valence-corrected chi connectivity index (χ2v) is 18.7. The molecule has 17 heteroatoms. The molecule has 2 fully saturated rings. The summed E-state index contributed by atoms with van der Waals surface area (Å²) in [4.78, 5) is 85.0. The van der Waals surface area contributed by atoms with Crippen molar-refractivity contribution in [3.05, 3.63) is 246 Å². The van der Waals surface area contributed by atoms with Gasteiger partial charge in [0.05, 0.1) is 33.4 Å². The minimum atomic E-state index is -1.96. The van der Waals surface area contributed by atoms with Crippen molar-refractivity contribution in [2.45, 2.75) is 65.5 Å². The number of ether oxygens (including phenoxy) is 9. The molecule has 9 rings (SSSR count). The van der Waals surface area contributed by atoms with Crippen LogP contribution in [0.4, 0.5) is 0 Å². The first-order valence-corrected chi connectivity index (χ1v) is 25.3. The molecule has 2 saturated heterocycles. The molecule has 0 spiro atoms. The molecule has 0 aromatic heterocycles. The van der Waals surface area contributed by atoms with Crippen molar-refractivity contribution in [1.29, 1.82) is 0 Å². The number of hydrogen-bond acceptors (Lipinski definition) is 17. The molecular formula is C60H50O16S. The zero-order valence-corrected chi connectivity index (χ0v) is 41.7. The Morgan fingerprint density at radius 3 is 1.09 bits per heavy atom. The van der Waals surface area contributed by atoms with E-state index in [-0.39, 0.29) is 33.4 Å². The van der Waals surface area contributed by atoms with Crippen LogP contribution in [-0.2, 0) is 42.6 Å². The van der Waals surface area contributed by atoms with Crippen molar-refractivity contribution in [2.75, 3.05) is 13.2 Å². The fourth-order valence-corrected chi connectivity index (χ4v) is 9.54. The molecule has 0 amide bonds. The lowest BCUT2D eigenvalue weighted by Crippen LogP contribution is -2.66. The average molecular weight is 1060 g/mol. The molecule has 0 bridgehead atoms. The normalized spacial score (nSPS) is 22.8. The summed E-state index contributed by atoms with van der Waals surface area (Å²) in [5.74, 6) is -5.23. The maximum atomic E-state index is 14.5. The van der Waals surface area contributed by atoms with Crippen LogP contribution in [0.5, 0.6) is 0 Å². The van der Waals surface area contributed by atoms with Gasteiger partial charge in [-0.2, -0.15) is 0 Å². The molecule has 1 N–H and O–H groups in total. The first kappa shape index (κ1) is 53.4. The molecule has 7 aromatic carbocycles. The van der Waals surface area contributed by atoms with Gasteiger partial charge in [0.1, 0.15) is 43.1 Å². The molecule has 0 unspecified atom stereocenters. The summed E-state index contributed by atoms with van der Waals surface area (Å²) in [7, 11) is 0. The van der Waals surface area contributed by atoms with E-state index in [0.717, 1.165) is 11.8 Å². The molecule has 7 aromatic rings. The van der Waals surface area contributed by atoms with Gasteiger partial charge < -0.3 is 47.7 Å². The van der Waals surface area contributed by atoms with E-state index in [4.69, 9.17) is 42.6 Å². The van der Waals surface area contributed by atoms with Gasteiger partial charge in [-0.25, -0.2) is 28.8 Å². The van der Waals surface area contributed by atoms with E-state index in [1.807, 2.05) is 0 Å². The first-order valence-electron chi connectivity index (χ1n) is 24.4. The van der Waals surface area contributed by atoms with Crippen LogP contribution in [0.15, 0.2) is 217 Å². The molecule has 2 aliphatic rings. The number of carbonyl (C=O) groups is 6. The Labute approximate surface area is 446 Å². The Balaban J connectivity index is 1.17. The van der Waals surface area contributed by atoms with E-state index < -0.39 is 110 Å². The summed E-state index contributed by atoms with van der Waals surface area (Å²) in [5, 5.41) is 12.3. The fraction of sp³-hybridized carbons (Fsp3) is 0.200. The fourth-order valence-electron chi connectivity index (χ4n) is 8.41. The second-order valence-electron chi connectivity index (χ2n) is 17.5. The van der Waals surface area contributed by atoms with Gasteiger partial charge in [0.15, 0.2) is 30.7 Å². The molecule has 0 aliphatic carbocycles. The van der Waals surface area contributed by atoms with Crippen LogP contribution in [0.3, 0.4) is 0 Å². The van der Waals surface area contributed by atoms with E-state index in [9.17, 15) is 33.9 Å². The Morgan fingerprint density at radius 1 is 0.364 bits per heavy atom. The van der Waals surface area contributed by atoms with Crippen molar-refractivity contribution in [2.24, 2.45) is 0 Å². The van der Waals surface area contributed by atoms with Crippen molar-refractivity contribution < 1.29 is 76.5 Å². The Hall–Kier alpha value is -8.45. The molecule has 0 saturated carbocycles. The van der Waals surface area contributed by atoms with Crippen LogP contribution < -0.4 is 0 Å². The van der Waals surface area contributed by atoms with Gasteiger partial charge in [-0.05, 0) is 84.9 Å². The minimum Gasteiger partial charge on any atom is -0.459 e. The summed E-state index contributed by atoms with van der Waals surface area (Å²) >= 11 is 1.11. The molecule has 16 nitrogen and oxygen atoms in total. The number of hydrogen-bond donors (Lipinski definition) is 1. The van der Waals surface area contributed by atoms with Crippen molar-refractivity contribution in [3.8, 4) is 0 Å². The summed E-state index contributed by atoms with van der Waals surface area (Å²) < 4.78 is 56.9. The minimum absolute atomic E-state index is 0.0443. The highest BCUT2D eigenvalue weighted by molar-refractivity contribution is 7.99.